The number of hydrogen-bond acceptors (Lipinski definition) is 3. The van der Waals surface area contributed by atoms with Crippen LogP contribution in [0.1, 0.15) is 12.0 Å². The zero-order valence-electron chi connectivity index (χ0n) is 11.8. The van der Waals surface area contributed by atoms with Crippen molar-refractivity contribution in [3.8, 4) is 0 Å². The average Bonchev–Trinajstić information content (AvgIpc) is 2.92. The van der Waals surface area contributed by atoms with Crippen LogP contribution in [0, 0.1) is 0 Å². The number of aliphatic carboxylic acids is 1. The summed E-state index contributed by atoms with van der Waals surface area (Å²) in [7, 11) is 0. The minimum atomic E-state index is -2.33. The van der Waals surface area contributed by atoms with Crippen molar-refractivity contribution in [1.29, 1.82) is 0 Å². The normalized spacial score (nSPS) is 21.2. The van der Waals surface area contributed by atoms with E-state index in [-0.39, 0.29) is 31.8 Å². The Kier molecular flexibility index (Phi) is 3.52. The monoisotopic (exact) mass is 302 g/mol. The third-order valence-electron chi connectivity index (χ3n) is 4.01. The Morgan fingerprint density at radius 2 is 2.09 bits per heavy atom. The number of amides is 1. The molecule has 22 heavy (non-hydrogen) atoms. The summed E-state index contributed by atoms with van der Waals surface area (Å²) in [6.45, 7) is -0.265. The maximum atomic E-state index is 14.0. The Hall–Kier alpha value is -2.50. The number of carbonyl (C=O) groups is 2. The van der Waals surface area contributed by atoms with Crippen LogP contribution in [0.15, 0.2) is 36.5 Å². The molecule has 1 saturated heterocycles. The number of carboxylic acids is 1. The fourth-order valence-corrected chi connectivity index (χ4v) is 2.75. The Labute approximate surface area is 126 Å². The third kappa shape index (κ3) is 2.52. The number of fused-ring (bicyclic) bond motifs is 1. The largest absolute Gasteiger partial charge is 0.479 e. The molecule has 2 heterocycles. The van der Waals surface area contributed by atoms with E-state index in [1.807, 2.05) is 30.3 Å². The highest BCUT2D eigenvalue weighted by Gasteiger charge is 2.46. The smallest absolute Gasteiger partial charge is 0.343 e. The molecular formula is C16H15FN2O3. The molecule has 3 rings (SSSR count). The lowest BCUT2D eigenvalue weighted by molar-refractivity contribution is -0.150. The van der Waals surface area contributed by atoms with Crippen molar-refractivity contribution < 1.29 is 19.1 Å². The van der Waals surface area contributed by atoms with Gasteiger partial charge in [-0.25, -0.2) is 9.18 Å². The van der Waals surface area contributed by atoms with Crippen LogP contribution in [0.4, 0.5) is 4.39 Å². The van der Waals surface area contributed by atoms with Gasteiger partial charge in [0.25, 0.3) is 0 Å². The second kappa shape index (κ2) is 5.36. The molecule has 5 nitrogen and oxygen atoms in total. The molecule has 1 aliphatic rings. The van der Waals surface area contributed by atoms with Crippen molar-refractivity contribution in [2.75, 3.05) is 13.1 Å². The first-order valence-corrected chi connectivity index (χ1v) is 7.02. The second-order valence-corrected chi connectivity index (χ2v) is 5.50. The van der Waals surface area contributed by atoms with Crippen LogP contribution in [0.3, 0.4) is 0 Å². The van der Waals surface area contributed by atoms with Gasteiger partial charge in [0.2, 0.25) is 11.6 Å². The van der Waals surface area contributed by atoms with Crippen LogP contribution in [0.2, 0.25) is 0 Å². The van der Waals surface area contributed by atoms with Crippen molar-refractivity contribution in [2.45, 2.75) is 18.5 Å². The van der Waals surface area contributed by atoms with E-state index < -0.39 is 11.6 Å². The van der Waals surface area contributed by atoms with Gasteiger partial charge >= 0.3 is 5.97 Å². The molecule has 0 bridgehead atoms. The number of rotatable bonds is 3. The molecule has 1 aliphatic heterocycles. The zero-order valence-corrected chi connectivity index (χ0v) is 11.8. The quantitative estimate of drug-likeness (QED) is 0.938. The number of carbonyl (C=O) groups excluding carboxylic acids is 1. The molecule has 1 unspecified atom stereocenters. The molecular weight excluding hydrogens is 287 g/mol. The van der Waals surface area contributed by atoms with Crippen molar-refractivity contribution in [2.24, 2.45) is 0 Å². The summed E-state index contributed by atoms with van der Waals surface area (Å²) in [6, 6.07) is 9.28. The molecule has 0 radical (unpaired) electrons. The van der Waals surface area contributed by atoms with E-state index in [4.69, 9.17) is 5.11 Å². The van der Waals surface area contributed by atoms with Crippen LogP contribution in [-0.2, 0) is 16.0 Å². The number of pyridine rings is 1. The first-order valence-electron chi connectivity index (χ1n) is 7.02. The summed E-state index contributed by atoms with van der Waals surface area (Å²) in [5, 5.41) is 9.81. The number of benzene rings is 1. The molecule has 1 atom stereocenters. The fraction of sp³-hybridized carbons (Fsp3) is 0.312. The van der Waals surface area contributed by atoms with Gasteiger partial charge < -0.3 is 10.0 Å². The summed E-state index contributed by atoms with van der Waals surface area (Å²) in [5.74, 6) is -1.78. The van der Waals surface area contributed by atoms with Crippen molar-refractivity contribution >= 4 is 22.8 Å². The van der Waals surface area contributed by atoms with E-state index >= 15 is 0 Å². The van der Waals surface area contributed by atoms with E-state index in [2.05, 4.69) is 4.98 Å². The molecule has 1 fully saturated rings. The summed E-state index contributed by atoms with van der Waals surface area (Å²) in [5.41, 5.74) is -0.829. The van der Waals surface area contributed by atoms with Crippen molar-refractivity contribution in [1.82, 2.24) is 9.88 Å². The van der Waals surface area contributed by atoms with E-state index in [9.17, 15) is 14.0 Å². The van der Waals surface area contributed by atoms with Gasteiger partial charge in [-0.3, -0.25) is 9.78 Å². The SMILES string of the molecule is O=C(Cc1cccc2cccnc12)N1CCC(F)(C(=O)O)C1. The highest BCUT2D eigenvalue weighted by molar-refractivity contribution is 5.88. The molecule has 1 N–H and O–H groups in total. The van der Waals surface area contributed by atoms with Crippen molar-refractivity contribution in [3.63, 3.8) is 0 Å². The number of aromatic nitrogens is 1. The van der Waals surface area contributed by atoms with Crippen LogP contribution in [0.25, 0.3) is 10.9 Å². The topological polar surface area (TPSA) is 70.5 Å². The minimum Gasteiger partial charge on any atom is -0.479 e. The van der Waals surface area contributed by atoms with Crippen LogP contribution in [-0.4, -0.2) is 45.6 Å². The summed E-state index contributed by atoms with van der Waals surface area (Å²) >= 11 is 0. The summed E-state index contributed by atoms with van der Waals surface area (Å²) in [6.07, 6.45) is 1.58. The molecule has 6 heteroatoms. The number of alkyl halides is 1. The predicted molar refractivity (Wildman–Crippen MR) is 78.1 cm³/mol. The lowest BCUT2D eigenvalue weighted by Crippen LogP contribution is -2.39. The van der Waals surface area contributed by atoms with E-state index in [1.54, 1.807) is 6.20 Å². The Morgan fingerprint density at radius 3 is 2.82 bits per heavy atom. The van der Waals surface area contributed by atoms with Gasteiger partial charge in [0.15, 0.2) is 0 Å². The van der Waals surface area contributed by atoms with Gasteiger partial charge in [-0.05, 0) is 11.6 Å². The Bertz CT molecular complexity index is 744. The first kappa shape index (κ1) is 14.4. The lowest BCUT2D eigenvalue weighted by atomic mass is 10.1. The van der Waals surface area contributed by atoms with E-state index in [1.165, 1.54) is 4.90 Å². The maximum absolute atomic E-state index is 14.0. The first-order chi connectivity index (χ1) is 10.5. The van der Waals surface area contributed by atoms with Crippen LogP contribution < -0.4 is 0 Å². The fourth-order valence-electron chi connectivity index (χ4n) is 2.75. The highest BCUT2D eigenvalue weighted by Crippen LogP contribution is 2.27. The average molecular weight is 302 g/mol. The summed E-state index contributed by atoms with van der Waals surface area (Å²) in [4.78, 5) is 28.8. The molecule has 1 amide bonds. The number of likely N-dealkylation sites (tertiary alicyclic amines) is 1. The highest BCUT2D eigenvalue weighted by atomic mass is 19.1. The Morgan fingerprint density at radius 1 is 1.32 bits per heavy atom. The van der Waals surface area contributed by atoms with Gasteiger partial charge in [0.05, 0.1) is 18.5 Å². The zero-order chi connectivity index (χ0) is 15.7. The van der Waals surface area contributed by atoms with Gasteiger partial charge in [-0.1, -0.05) is 24.3 Å². The van der Waals surface area contributed by atoms with E-state index in [0.717, 1.165) is 16.5 Å². The molecule has 0 spiro atoms. The second-order valence-electron chi connectivity index (χ2n) is 5.50. The van der Waals surface area contributed by atoms with Gasteiger partial charge in [-0.2, -0.15) is 0 Å². The standard InChI is InChI=1S/C16H15FN2O3/c17-16(15(21)22)6-8-19(10-16)13(20)9-12-4-1-3-11-5-2-7-18-14(11)12/h1-5,7H,6,8-10H2,(H,21,22). The third-order valence-corrected chi connectivity index (χ3v) is 4.01. The lowest BCUT2D eigenvalue weighted by Gasteiger charge is -2.18. The van der Waals surface area contributed by atoms with E-state index in [0.29, 0.717) is 0 Å². The predicted octanol–water partition coefficient (Wildman–Crippen LogP) is 1.80. The Balaban J connectivity index is 1.79. The minimum absolute atomic E-state index is 0.0874. The molecule has 1 aromatic heterocycles. The van der Waals surface area contributed by atoms with Gasteiger partial charge in [0.1, 0.15) is 0 Å². The van der Waals surface area contributed by atoms with Crippen LogP contribution >= 0.6 is 0 Å². The number of halogens is 1. The number of para-hydroxylation sites is 1. The molecule has 2 aromatic rings. The molecule has 0 aliphatic carbocycles. The number of nitrogens with zero attached hydrogens (tertiary/aromatic N) is 2. The molecule has 1 aromatic carbocycles. The number of carboxylic acid groups (broad SMARTS) is 1. The number of hydrogen-bond donors (Lipinski definition) is 1. The molecule has 0 saturated carbocycles. The summed E-state index contributed by atoms with van der Waals surface area (Å²) < 4.78 is 14.0. The molecule has 114 valence electrons. The van der Waals surface area contributed by atoms with Crippen molar-refractivity contribution in [3.05, 3.63) is 42.1 Å². The van der Waals surface area contributed by atoms with Crippen LogP contribution in [0.5, 0.6) is 0 Å². The van der Waals surface area contributed by atoms with Gasteiger partial charge in [-0.15, -0.1) is 0 Å². The maximum Gasteiger partial charge on any atom is 0.343 e. The van der Waals surface area contributed by atoms with Gasteiger partial charge in [0, 0.05) is 24.5 Å².